The third-order valence-corrected chi connectivity index (χ3v) is 6.21. The first-order valence-corrected chi connectivity index (χ1v) is 8.18. The number of rotatable bonds is 2. The van der Waals surface area contributed by atoms with Crippen molar-refractivity contribution >= 4 is 45.1 Å². The van der Waals surface area contributed by atoms with Crippen molar-refractivity contribution in [1.29, 1.82) is 0 Å². The van der Waals surface area contributed by atoms with Crippen molar-refractivity contribution in [2.45, 2.75) is 18.9 Å². The Morgan fingerprint density at radius 2 is 2.19 bits per heavy atom. The van der Waals surface area contributed by atoms with Crippen LogP contribution in [0, 0.1) is 23.7 Å². The number of hydrogen-bond donors (Lipinski definition) is 1. The van der Waals surface area contributed by atoms with Crippen LogP contribution in [0.15, 0.2) is 22.7 Å². The number of carbonyl (C=O) groups excluding carboxylic acids is 2. The summed E-state index contributed by atoms with van der Waals surface area (Å²) in [5, 5.41) is 3.43. The lowest BCUT2D eigenvalue weighted by atomic mass is 9.79. The van der Waals surface area contributed by atoms with Crippen LogP contribution in [0.3, 0.4) is 0 Å². The second kappa shape index (κ2) is 4.71. The first-order chi connectivity index (χ1) is 10.0. The molecule has 5 atom stereocenters. The van der Waals surface area contributed by atoms with Crippen molar-refractivity contribution in [3.63, 3.8) is 0 Å². The highest BCUT2D eigenvalue weighted by atomic mass is 79.9. The van der Waals surface area contributed by atoms with Gasteiger partial charge in [-0.15, -0.1) is 0 Å². The molecular weight excluding hydrogens is 358 g/mol. The summed E-state index contributed by atoms with van der Waals surface area (Å²) in [5.74, 6) is -0.292. The third-order valence-electron chi connectivity index (χ3n) is 4.97. The standard InChI is InChI=1S/C15H13BrClNO3/c16-9-2-1-7(5-10(9)17)18-14(19)12-6-3-8-11(4-6)21-15(20)13(8)12/h1-2,5-6,8,11-13H,3-4H2,(H,18,19)/t6-,8+,11-,12+,13+/m1/s1. The highest BCUT2D eigenvalue weighted by Crippen LogP contribution is 2.57. The van der Waals surface area contributed by atoms with Gasteiger partial charge >= 0.3 is 5.97 Å². The second-order valence-electron chi connectivity index (χ2n) is 6.04. The van der Waals surface area contributed by atoms with Crippen molar-refractivity contribution in [1.82, 2.24) is 0 Å². The minimum absolute atomic E-state index is 0.0543. The minimum atomic E-state index is -0.260. The maximum atomic E-state index is 12.6. The van der Waals surface area contributed by atoms with E-state index in [1.165, 1.54) is 0 Å². The molecule has 21 heavy (non-hydrogen) atoms. The Hall–Kier alpha value is -1.07. The van der Waals surface area contributed by atoms with Crippen LogP contribution >= 0.6 is 27.5 Å². The normalized spacial score (nSPS) is 35.9. The summed E-state index contributed by atoms with van der Waals surface area (Å²) in [5.41, 5.74) is 0.652. The molecule has 4 rings (SSSR count). The summed E-state index contributed by atoms with van der Waals surface area (Å²) in [4.78, 5) is 24.5. The molecule has 2 bridgehead atoms. The van der Waals surface area contributed by atoms with Crippen LogP contribution in [-0.4, -0.2) is 18.0 Å². The van der Waals surface area contributed by atoms with E-state index < -0.39 is 0 Å². The molecule has 1 amide bonds. The van der Waals surface area contributed by atoms with E-state index in [0.29, 0.717) is 10.7 Å². The monoisotopic (exact) mass is 369 g/mol. The van der Waals surface area contributed by atoms with Crippen molar-refractivity contribution in [3.8, 4) is 0 Å². The summed E-state index contributed by atoms with van der Waals surface area (Å²) >= 11 is 9.35. The molecule has 1 heterocycles. The highest BCUT2D eigenvalue weighted by Gasteiger charge is 2.63. The smallest absolute Gasteiger partial charge is 0.310 e. The molecule has 0 spiro atoms. The molecule has 1 saturated heterocycles. The Kier molecular flexibility index (Phi) is 3.05. The molecule has 2 aliphatic carbocycles. The van der Waals surface area contributed by atoms with Gasteiger partial charge in [0.1, 0.15) is 6.10 Å². The Morgan fingerprint density at radius 1 is 1.38 bits per heavy atom. The Morgan fingerprint density at radius 3 is 2.95 bits per heavy atom. The molecule has 4 nitrogen and oxygen atoms in total. The fourth-order valence-corrected chi connectivity index (χ4v) is 4.59. The van der Waals surface area contributed by atoms with Crippen molar-refractivity contribution < 1.29 is 14.3 Å². The zero-order valence-electron chi connectivity index (χ0n) is 11.0. The van der Waals surface area contributed by atoms with E-state index >= 15 is 0 Å². The molecule has 6 heteroatoms. The Labute approximate surface area is 135 Å². The number of benzene rings is 1. The van der Waals surface area contributed by atoms with Crippen LogP contribution in [0.1, 0.15) is 12.8 Å². The van der Waals surface area contributed by atoms with Crippen LogP contribution in [0.25, 0.3) is 0 Å². The van der Waals surface area contributed by atoms with Crippen LogP contribution in [0.4, 0.5) is 5.69 Å². The Bertz CT molecular complexity index is 648. The van der Waals surface area contributed by atoms with Crippen LogP contribution in [0.5, 0.6) is 0 Å². The van der Waals surface area contributed by atoms with Crippen LogP contribution < -0.4 is 5.32 Å². The molecule has 110 valence electrons. The van der Waals surface area contributed by atoms with E-state index in [4.69, 9.17) is 16.3 Å². The first-order valence-electron chi connectivity index (χ1n) is 7.01. The SMILES string of the molecule is O=C(Nc1ccc(Br)c(Cl)c1)[C@H]1[C@@H]2C[C@@H]3[C@@H]1C(=O)O[C@@H]3C2. The molecule has 0 radical (unpaired) electrons. The van der Waals surface area contributed by atoms with Gasteiger partial charge in [0.2, 0.25) is 5.91 Å². The molecule has 3 aliphatic rings. The lowest BCUT2D eigenvalue weighted by Gasteiger charge is -2.23. The number of nitrogens with one attached hydrogen (secondary N) is 1. The zero-order chi connectivity index (χ0) is 14.7. The van der Waals surface area contributed by atoms with Gasteiger partial charge in [-0.2, -0.15) is 0 Å². The number of anilines is 1. The molecule has 0 unspecified atom stereocenters. The summed E-state index contributed by atoms with van der Waals surface area (Å²) < 4.78 is 6.14. The van der Waals surface area contributed by atoms with Gasteiger partial charge in [0.25, 0.3) is 0 Å². The predicted molar refractivity (Wildman–Crippen MR) is 80.9 cm³/mol. The van der Waals surface area contributed by atoms with Gasteiger partial charge in [0, 0.05) is 16.1 Å². The number of ether oxygens (including phenoxy) is 1. The topological polar surface area (TPSA) is 55.4 Å². The van der Waals surface area contributed by atoms with Gasteiger partial charge in [-0.1, -0.05) is 11.6 Å². The van der Waals surface area contributed by atoms with E-state index in [1.54, 1.807) is 18.2 Å². The van der Waals surface area contributed by atoms with Gasteiger partial charge < -0.3 is 10.1 Å². The minimum Gasteiger partial charge on any atom is -0.462 e. The van der Waals surface area contributed by atoms with Crippen molar-refractivity contribution in [3.05, 3.63) is 27.7 Å². The van der Waals surface area contributed by atoms with E-state index in [2.05, 4.69) is 21.2 Å². The average molecular weight is 371 g/mol. The maximum absolute atomic E-state index is 12.6. The van der Waals surface area contributed by atoms with E-state index in [0.717, 1.165) is 17.3 Å². The Balaban J connectivity index is 1.55. The third kappa shape index (κ3) is 2.01. The number of fused-ring (bicyclic) bond motifs is 1. The van der Waals surface area contributed by atoms with Gasteiger partial charge in [0.15, 0.2) is 0 Å². The van der Waals surface area contributed by atoms with Crippen molar-refractivity contribution in [2.24, 2.45) is 23.7 Å². The van der Waals surface area contributed by atoms with E-state index in [9.17, 15) is 9.59 Å². The second-order valence-corrected chi connectivity index (χ2v) is 7.30. The molecule has 1 N–H and O–H groups in total. The van der Waals surface area contributed by atoms with Gasteiger partial charge in [-0.05, 0) is 52.9 Å². The van der Waals surface area contributed by atoms with E-state index in [-0.39, 0.29) is 41.7 Å². The van der Waals surface area contributed by atoms with Gasteiger partial charge in [-0.3, -0.25) is 9.59 Å². The number of hydrogen-bond acceptors (Lipinski definition) is 3. The fourth-order valence-electron chi connectivity index (χ4n) is 4.16. The maximum Gasteiger partial charge on any atom is 0.310 e. The molecule has 0 aromatic heterocycles. The molecule has 1 aromatic rings. The number of esters is 1. The predicted octanol–water partition coefficient (Wildman–Crippen LogP) is 3.24. The fraction of sp³-hybridized carbons (Fsp3) is 0.467. The lowest BCUT2D eigenvalue weighted by molar-refractivity contribution is -0.145. The molecule has 1 aromatic carbocycles. The van der Waals surface area contributed by atoms with Crippen LogP contribution in [-0.2, 0) is 14.3 Å². The largest absolute Gasteiger partial charge is 0.462 e. The molecular formula is C15H13BrClNO3. The summed E-state index contributed by atoms with van der Waals surface area (Å²) in [6, 6.07) is 5.28. The average Bonchev–Trinajstić information content (AvgIpc) is 3.04. The summed E-state index contributed by atoms with van der Waals surface area (Å²) in [6.07, 6.45) is 1.81. The number of halogens is 2. The highest BCUT2D eigenvalue weighted by molar-refractivity contribution is 9.10. The molecule has 3 fully saturated rings. The number of amides is 1. The summed E-state index contributed by atoms with van der Waals surface area (Å²) in [7, 11) is 0. The number of carbonyl (C=O) groups is 2. The first kappa shape index (κ1) is 13.6. The molecule has 2 saturated carbocycles. The zero-order valence-corrected chi connectivity index (χ0v) is 13.4. The van der Waals surface area contributed by atoms with Crippen molar-refractivity contribution in [2.75, 3.05) is 5.32 Å². The summed E-state index contributed by atoms with van der Waals surface area (Å²) in [6.45, 7) is 0. The van der Waals surface area contributed by atoms with Crippen LogP contribution in [0.2, 0.25) is 5.02 Å². The quantitative estimate of drug-likeness (QED) is 0.813. The molecule has 1 aliphatic heterocycles. The lowest BCUT2D eigenvalue weighted by Crippen LogP contribution is -2.35. The van der Waals surface area contributed by atoms with E-state index in [1.807, 2.05) is 0 Å². The van der Waals surface area contributed by atoms with Gasteiger partial charge in [-0.25, -0.2) is 0 Å². The van der Waals surface area contributed by atoms with Gasteiger partial charge in [0.05, 0.1) is 16.9 Å².